The van der Waals surface area contributed by atoms with Crippen LogP contribution in [0.1, 0.15) is 30.3 Å². The van der Waals surface area contributed by atoms with Gasteiger partial charge in [-0.15, -0.1) is 10.2 Å². The lowest BCUT2D eigenvalue weighted by Crippen LogP contribution is -2.34. The van der Waals surface area contributed by atoms with Crippen molar-refractivity contribution in [1.29, 1.82) is 0 Å². The summed E-state index contributed by atoms with van der Waals surface area (Å²) in [6.45, 7) is 1.90. The van der Waals surface area contributed by atoms with Crippen LogP contribution in [0.2, 0.25) is 0 Å². The van der Waals surface area contributed by atoms with E-state index in [1.165, 1.54) is 0 Å². The van der Waals surface area contributed by atoms with Gasteiger partial charge in [0.15, 0.2) is 5.76 Å². The first-order valence-electron chi connectivity index (χ1n) is 7.26. The molecule has 1 aliphatic carbocycles. The third-order valence-electron chi connectivity index (χ3n) is 3.92. The van der Waals surface area contributed by atoms with Gasteiger partial charge in [-0.3, -0.25) is 4.79 Å². The smallest absolute Gasteiger partial charge is 0.235 e. The molecule has 118 valence electrons. The van der Waals surface area contributed by atoms with E-state index in [1.54, 1.807) is 31.4 Å². The summed E-state index contributed by atoms with van der Waals surface area (Å²) >= 11 is 0. The standard InChI is InChI=1S/C15H14N4O4/c1-9-17-18-13(22-9)8-16-14(20)15(4-5-15)12-7-11(23-19-12)10-3-2-6-21-10/h2-3,6-7H,4-5,8H2,1H3,(H,16,20). The molecular formula is C15H14N4O4. The number of amides is 1. The molecular weight excluding hydrogens is 300 g/mol. The largest absolute Gasteiger partial charge is 0.461 e. The summed E-state index contributed by atoms with van der Waals surface area (Å²) in [6, 6.07) is 5.30. The predicted octanol–water partition coefficient (Wildman–Crippen LogP) is 1.97. The molecule has 23 heavy (non-hydrogen) atoms. The number of hydrogen-bond acceptors (Lipinski definition) is 7. The van der Waals surface area contributed by atoms with Crippen LogP contribution in [0.3, 0.4) is 0 Å². The quantitative estimate of drug-likeness (QED) is 0.767. The number of aromatic nitrogens is 3. The molecule has 0 saturated heterocycles. The fourth-order valence-corrected chi connectivity index (χ4v) is 2.49. The summed E-state index contributed by atoms with van der Waals surface area (Å²) < 4.78 is 15.8. The lowest BCUT2D eigenvalue weighted by Gasteiger charge is -2.10. The van der Waals surface area contributed by atoms with Gasteiger partial charge >= 0.3 is 0 Å². The van der Waals surface area contributed by atoms with Crippen molar-refractivity contribution in [1.82, 2.24) is 20.7 Å². The second kappa shape index (κ2) is 5.08. The minimum Gasteiger partial charge on any atom is -0.461 e. The van der Waals surface area contributed by atoms with Crippen molar-refractivity contribution in [2.45, 2.75) is 31.7 Å². The van der Waals surface area contributed by atoms with E-state index in [0.717, 1.165) is 12.8 Å². The number of nitrogens with zero attached hydrogens (tertiary/aromatic N) is 3. The van der Waals surface area contributed by atoms with Gasteiger partial charge in [-0.2, -0.15) is 0 Å². The molecule has 0 aromatic carbocycles. The van der Waals surface area contributed by atoms with Gasteiger partial charge in [-0.25, -0.2) is 0 Å². The summed E-state index contributed by atoms with van der Waals surface area (Å²) in [5.74, 6) is 1.82. The molecule has 1 fully saturated rings. The van der Waals surface area contributed by atoms with Crippen LogP contribution in [0.5, 0.6) is 0 Å². The molecule has 3 aromatic heterocycles. The summed E-state index contributed by atoms with van der Waals surface area (Å²) in [6.07, 6.45) is 3.02. The highest BCUT2D eigenvalue weighted by atomic mass is 16.5. The van der Waals surface area contributed by atoms with E-state index >= 15 is 0 Å². The van der Waals surface area contributed by atoms with Crippen molar-refractivity contribution < 1.29 is 18.2 Å². The van der Waals surface area contributed by atoms with Crippen LogP contribution >= 0.6 is 0 Å². The highest BCUT2D eigenvalue weighted by Gasteiger charge is 2.53. The molecule has 0 unspecified atom stereocenters. The molecule has 3 heterocycles. The van der Waals surface area contributed by atoms with Gasteiger partial charge < -0.3 is 18.7 Å². The fourth-order valence-electron chi connectivity index (χ4n) is 2.49. The van der Waals surface area contributed by atoms with Gasteiger partial charge in [0.2, 0.25) is 23.4 Å². The van der Waals surface area contributed by atoms with Crippen LogP contribution in [0.15, 0.2) is 37.8 Å². The molecule has 1 amide bonds. The monoisotopic (exact) mass is 314 g/mol. The summed E-state index contributed by atoms with van der Waals surface area (Å²) in [4.78, 5) is 12.5. The van der Waals surface area contributed by atoms with Gasteiger partial charge in [-0.1, -0.05) is 5.16 Å². The topological polar surface area (TPSA) is 107 Å². The Morgan fingerprint density at radius 2 is 2.22 bits per heavy atom. The zero-order valence-corrected chi connectivity index (χ0v) is 12.4. The van der Waals surface area contributed by atoms with Gasteiger partial charge in [0.1, 0.15) is 0 Å². The number of carbonyl (C=O) groups is 1. The fraction of sp³-hybridized carbons (Fsp3) is 0.333. The van der Waals surface area contributed by atoms with Gasteiger partial charge in [0.05, 0.1) is 23.9 Å². The van der Waals surface area contributed by atoms with Crippen LogP contribution in [-0.4, -0.2) is 21.3 Å². The van der Waals surface area contributed by atoms with Gasteiger partial charge in [0.25, 0.3) is 0 Å². The van der Waals surface area contributed by atoms with Crippen molar-refractivity contribution in [2.75, 3.05) is 0 Å². The van der Waals surface area contributed by atoms with Crippen molar-refractivity contribution in [3.05, 3.63) is 41.9 Å². The molecule has 8 nitrogen and oxygen atoms in total. The predicted molar refractivity (Wildman–Crippen MR) is 76.0 cm³/mol. The van der Waals surface area contributed by atoms with Gasteiger partial charge in [-0.05, 0) is 25.0 Å². The average Bonchev–Trinajstić information content (AvgIpc) is 2.97. The molecule has 0 atom stereocenters. The zero-order valence-electron chi connectivity index (χ0n) is 12.4. The molecule has 3 aromatic rings. The van der Waals surface area contributed by atoms with E-state index in [0.29, 0.717) is 29.0 Å². The van der Waals surface area contributed by atoms with E-state index < -0.39 is 5.41 Å². The second-order valence-electron chi connectivity index (χ2n) is 5.53. The number of aryl methyl sites for hydroxylation is 1. The Bertz CT molecular complexity index is 829. The Morgan fingerprint density at radius 1 is 1.35 bits per heavy atom. The molecule has 1 saturated carbocycles. The minimum absolute atomic E-state index is 0.118. The van der Waals surface area contributed by atoms with E-state index in [2.05, 4.69) is 20.7 Å². The number of nitrogens with one attached hydrogen (secondary N) is 1. The van der Waals surface area contributed by atoms with Crippen LogP contribution in [0.4, 0.5) is 0 Å². The lowest BCUT2D eigenvalue weighted by atomic mass is 10.0. The molecule has 0 bridgehead atoms. The number of rotatable bonds is 5. The molecule has 0 aliphatic heterocycles. The molecule has 1 N–H and O–H groups in total. The Hall–Kier alpha value is -2.90. The highest BCUT2D eigenvalue weighted by Crippen LogP contribution is 2.48. The maximum Gasteiger partial charge on any atom is 0.235 e. The second-order valence-corrected chi connectivity index (χ2v) is 5.53. The summed E-state index contributed by atoms with van der Waals surface area (Å²) in [5, 5.41) is 14.4. The first-order valence-corrected chi connectivity index (χ1v) is 7.26. The summed E-state index contributed by atoms with van der Waals surface area (Å²) in [7, 11) is 0. The Balaban J connectivity index is 1.48. The van der Waals surface area contributed by atoms with E-state index in [9.17, 15) is 4.79 Å². The molecule has 1 aliphatic rings. The Labute approximate surface area is 130 Å². The number of carbonyl (C=O) groups excluding carboxylic acids is 1. The molecule has 0 spiro atoms. The van der Waals surface area contributed by atoms with E-state index in [1.807, 2.05) is 0 Å². The highest BCUT2D eigenvalue weighted by molar-refractivity contribution is 5.90. The SMILES string of the molecule is Cc1nnc(CNC(=O)C2(c3cc(-c4ccco4)on3)CC2)o1. The van der Waals surface area contributed by atoms with Crippen LogP contribution in [-0.2, 0) is 16.8 Å². The zero-order chi connectivity index (χ0) is 15.9. The maximum absolute atomic E-state index is 12.5. The molecule has 0 radical (unpaired) electrons. The van der Waals surface area contributed by atoms with Gasteiger partial charge in [0, 0.05) is 13.0 Å². The number of hydrogen-bond donors (Lipinski definition) is 1. The van der Waals surface area contributed by atoms with Crippen molar-refractivity contribution in [2.24, 2.45) is 0 Å². The third kappa shape index (κ3) is 2.41. The van der Waals surface area contributed by atoms with Crippen LogP contribution in [0, 0.1) is 6.92 Å². The normalized spacial score (nSPS) is 15.5. The van der Waals surface area contributed by atoms with E-state index in [4.69, 9.17) is 13.4 Å². The van der Waals surface area contributed by atoms with Crippen molar-refractivity contribution in [3.8, 4) is 11.5 Å². The lowest BCUT2D eigenvalue weighted by molar-refractivity contribution is -0.124. The summed E-state index contributed by atoms with van der Waals surface area (Å²) in [5.41, 5.74) is -0.0215. The first-order chi connectivity index (χ1) is 11.2. The number of furan rings is 1. The van der Waals surface area contributed by atoms with Crippen molar-refractivity contribution >= 4 is 5.91 Å². The minimum atomic E-state index is -0.636. The maximum atomic E-state index is 12.5. The first kappa shape index (κ1) is 13.7. The Morgan fingerprint density at radius 3 is 2.87 bits per heavy atom. The average molecular weight is 314 g/mol. The molecule has 8 heteroatoms. The molecule has 4 rings (SSSR count). The van der Waals surface area contributed by atoms with Crippen molar-refractivity contribution in [3.63, 3.8) is 0 Å². The van der Waals surface area contributed by atoms with Crippen LogP contribution in [0.25, 0.3) is 11.5 Å². The third-order valence-corrected chi connectivity index (χ3v) is 3.92. The van der Waals surface area contributed by atoms with Crippen LogP contribution < -0.4 is 5.32 Å². The van der Waals surface area contributed by atoms with E-state index in [-0.39, 0.29) is 12.5 Å². The Kier molecular flexibility index (Phi) is 3.03.